The molecule has 0 bridgehead atoms. The topological polar surface area (TPSA) is 83.7 Å². The van der Waals surface area contributed by atoms with Gasteiger partial charge < -0.3 is 10.0 Å². The van der Waals surface area contributed by atoms with E-state index in [4.69, 9.17) is 16.7 Å². The van der Waals surface area contributed by atoms with Gasteiger partial charge in [-0.2, -0.15) is 0 Å². The molecule has 0 atom stereocenters. The summed E-state index contributed by atoms with van der Waals surface area (Å²) in [4.78, 5) is 22.1. The first-order valence-electron chi connectivity index (χ1n) is 4.78. The zero-order valence-corrected chi connectivity index (χ0v) is 9.85. The standard InChI is InChI=1S/C10H11ClN2O4/c1-12(5-4-10(14)15)7-2-3-8(11)9(6-7)13(16)17/h2-3,6H,4-5H2,1H3,(H,14,15). The molecule has 0 unspecified atom stereocenters. The van der Waals surface area contributed by atoms with Crippen molar-refractivity contribution < 1.29 is 14.8 Å². The Morgan fingerprint density at radius 1 is 1.59 bits per heavy atom. The van der Waals surface area contributed by atoms with Crippen LogP contribution in [0.3, 0.4) is 0 Å². The monoisotopic (exact) mass is 258 g/mol. The number of carboxylic acids is 1. The van der Waals surface area contributed by atoms with Gasteiger partial charge in [-0.15, -0.1) is 0 Å². The molecule has 0 saturated carbocycles. The summed E-state index contributed by atoms with van der Waals surface area (Å²) in [5.41, 5.74) is 0.369. The number of carboxylic acid groups (broad SMARTS) is 1. The molecule has 0 saturated heterocycles. The third-order valence-corrected chi connectivity index (χ3v) is 2.55. The fraction of sp³-hybridized carbons (Fsp3) is 0.300. The molecule has 1 rings (SSSR count). The first-order chi connectivity index (χ1) is 7.91. The van der Waals surface area contributed by atoms with Gasteiger partial charge in [0.25, 0.3) is 5.69 Å². The van der Waals surface area contributed by atoms with Crippen LogP contribution in [-0.4, -0.2) is 29.6 Å². The van der Waals surface area contributed by atoms with E-state index >= 15 is 0 Å². The van der Waals surface area contributed by atoms with Gasteiger partial charge in [0.1, 0.15) is 5.02 Å². The van der Waals surface area contributed by atoms with E-state index < -0.39 is 10.9 Å². The van der Waals surface area contributed by atoms with E-state index in [9.17, 15) is 14.9 Å². The lowest BCUT2D eigenvalue weighted by atomic mass is 10.2. The zero-order chi connectivity index (χ0) is 13.0. The van der Waals surface area contributed by atoms with Crippen molar-refractivity contribution in [3.05, 3.63) is 33.3 Å². The number of hydrogen-bond donors (Lipinski definition) is 1. The Bertz CT molecular complexity index is 450. The smallest absolute Gasteiger partial charge is 0.305 e. The van der Waals surface area contributed by atoms with Gasteiger partial charge in [0.05, 0.1) is 11.3 Å². The van der Waals surface area contributed by atoms with E-state index in [1.807, 2.05) is 0 Å². The van der Waals surface area contributed by atoms with Crippen LogP contribution < -0.4 is 4.90 Å². The minimum Gasteiger partial charge on any atom is -0.481 e. The highest BCUT2D eigenvalue weighted by Crippen LogP contribution is 2.28. The number of aliphatic carboxylic acids is 1. The van der Waals surface area contributed by atoms with Crippen LogP contribution >= 0.6 is 11.6 Å². The predicted molar refractivity (Wildman–Crippen MR) is 63.6 cm³/mol. The van der Waals surface area contributed by atoms with Crippen molar-refractivity contribution in [1.29, 1.82) is 0 Å². The van der Waals surface area contributed by atoms with Gasteiger partial charge in [-0.3, -0.25) is 14.9 Å². The second-order valence-corrected chi connectivity index (χ2v) is 3.87. The van der Waals surface area contributed by atoms with Crippen LogP contribution in [0.25, 0.3) is 0 Å². The van der Waals surface area contributed by atoms with Crippen LogP contribution in [0.2, 0.25) is 5.02 Å². The van der Waals surface area contributed by atoms with Crippen molar-refractivity contribution >= 4 is 28.9 Å². The fourth-order valence-electron chi connectivity index (χ4n) is 1.27. The number of nitro benzene ring substituents is 1. The Hall–Kier alpha value is -1.82. The van der Waals surface area contributed by atoms with E-state index in [1.165, 1.54) is 12.1 Å². The minimum absolute atomic E-state index is 0.0348. The van der Waals surface area contributed by atoms with E-state index in [0.717, 1.165) is 0 Å². The molecule has 6 nitrogen and oxygen atoms in total. The number of carbonyl (C=O) groups is 1. The average Bonchev–Trinajstić information content (AvgIpc) is 2.26. The molecular formula is C10H11ClN2O4. The third kappa shape index (κ3) is 3.60. The maximum absolute atomic E-state index is 10.7. The van der Waals surface area contributed by atoms with Crippen LogP contribution in [0.1, 0.15) is 6.42 Å². The van der Waals surface area contributed by atoms with Gasteiger partial charge in [0, 0.05) is 25.3 Å². The molecule has 0 heterocycles. The van der Waals surface area contributed by atoms with Crippen molar-refractivity contribution in [1.82, 2.24) is 0 Å². The number of rotatable bonds is 5. The summed E-state index contributed by atoms with van der Waals surface area (Å²) in [5, 5.41) is 19.3. The van der Waals surface area contributed by atoms with Crippen LogP contribution in [-0.2, 0) is 4.79 Å². The molecular weight excluding hydrogens is 248 g/mol. The van der Waals surface area contributed by atoms with Gasteiger partial charge in [-0.25, -0.2) is 0 Å². The third-order valence-electron chi connectivity index (χ3n) is 2.23. The molecule has 1 aromatic rings. The highest BCUT2D eigenvalue weighted by molar-refractivity contribution is 6.32. The Balaban J connectivity index is 2.87. The van der Waals surface area contributed by atoms with Crippen LogP contribution in [0, 0.1) is 10.1 Å². The summed E-state index contributed by atoms with van der Waals surface area (Å²) in [7, 11) is 1.66. The van der Waals surface area contributed by atoms with Gasteiger partial charge in [0.15, 0.2) is 0 Å². The molecule has 1 aromatic carbocycles. The summed E-state index contributed by atoms with van der Waals surface area (Å²) in [5.74, 6) is -0.916. The van der Waals surface area contributed by atoms with Gasteiger partial charge >= 0.3 is 5.97 Å². The van der Waals surface area contributed by atoms with Gasteiger partial charge in [-0.05, 0) is 12.1 Å². The Morgan fingerprint density at radius 2 is 2.24 bits per heavy atom. The second-order valence-electron chi connectivity index (χ2n) is 3.46. The van der Waals surface area contributed by atoms with Crippen molar-refractivity contribution in [2.24, 2.45) is 0 Å². The van der Waals surface area contributed by atoms with Crippen LogP contribution in [0.4, 0.5) is 11.4 Å². The van der Waals surface area contributed by atoms with E-state index in [1.54, 1.807) is 18.0 Å². The number of halogens is 1. The molecule has 0 radical (unpaired) electrons. The number of hydrogen-bond acceptors (Lipinski definition) is 4. The predicted octanol–water partition coefficient (Wildman–Crippen LogP) is 2.16. The molecule has 0 aromatic heterocycles. The van der Waals surface area contributed by atoms with Crippen molar-refractivity contribution in [2.45, 2.75) is 6.42 Å². The van der Waals surface area contributed by atoms with Crippen molar-refractivity contribution in [3.8, 4) is 0 Å². The highest BCUT2D eigenvalue weighted by atomic mass is 35.5. The fourth-order valence-corrected chi connectivity index (χ4v) is 1.46. The first-order valence-corrected chi connectivity index (χ1v) is 5.16. The molecule has 0 aliphatic carbocycles. The molecule has 1 N–H and O–H groups in total. The van der Waals surface area contributed by atoms with Crippen LogP contribution in [0.5, 0.6) is 0 Å². The summed E-state index contributed by atoms with van der Waals surface area (Å²) >= 11 is 5.67. The second kappa shape index (κ2) is 5.49. The summed E-state index contributed by atoms with van der Waals surface area (Å²) in [6.45, 7) is 0.272. The van der Waals surface area contributed by atoms with Gasteiger partial charge in [0.2, 0.25) is 0 Å². The molecule has 0 fully saturated rings. The number of nitro groups is 1. The Kier molecular flexibility index (Phi) is 4.28. The lowest BCUT2D eigenvalue weighted by Crippen LogP contribution is -2.20. The number of benzene rings is 1. The molecule has 92 valence electrons. The van der Waals surface area contributed by atoms with Crippen molar-refractivity contribution in [3.63, 3.8) is 0 Å². The molecule has 0 aliphatic rings. The average molecular weight is 259 g/mol. The van der Waals surface area contributed by atoms with Crippen molar-refractivity contribution in [2.75, 3.05) is 18.5 Å². The molecule has 0 spiro atoms. The summed E-state index contributed by atoms with van der Waals surface area (Å²) in [6, 6.07) is 4.35. The van der Waals surface area contributed by atoms with Gasteiger partial charge in [-0.1, -0.05) is 11.6 Å². The molecule has 0 amide bonds. The van der Waals surface area contributed by atoms with E-state index in [0.29, 0.717) is 5.69 Å². The molecule has 17 heavy (non-hydrogen) atoms. The Labute approximate surface area is 103 Å². The summed E-state index contributed by atoms with van der Waals surface area (Å²) < 4.78 is 0. The van der Waals surface area contributed by atoms with E-state index in [-0.39, 0.29) is 23.7 Å². The lowest BCUT2D eigenvalue weighted by molar-refractivity contribution is -0.384. The SMILES string of the molecule is CN(CCC(=O)O)c1ccc(Cl)c([N+](=O)[O-])c1. The molecule has 7 heteroatoms. The zero-order valence-electron chi connectivity index (χ0n) is 9.09. The van der Waals surface area contributed by atoms with Crippen LogP contribution in [0.15, 0.2) is 18.2 Å². The molecule has 0 aliphatic heterocycles. The highest BCUT2D eigenvalue weighted by Gasteiger charge is 2.14. The normalized spacial score (nSPS) is 10.0. The quantitative estimate of drug-likeness (QED) is 0.646. The maximum Gasteiger partial charge on any atom is 0.305 e. The largest absolute Gasteiger partial charge is 0.481 e. The maximum atomic E-state index is 10.7. The summed E-state index contributed by atoms with van der Waals surface area (Å²) in [6.07, 6.45) is -0.0348. The van der Waals surface area contributed by atoms with E-state index in [2.05, 4.69) is 0 Å². The number of nitrogens with zero attached hydrogens (tertiary/aromatic N) is 2. The first kappa shape index (κ1) is 13.2. The number of anilines is 1. The lowest BCUT2D eigenvalue weighted by Gasteiger charge is -2.17. The minimum atomic E-state index is -0.916. The Morgan fingerprint density at radius 3 is 2.76 bits per heavy atom.